The Kier molecular flexibility index (Phi) is 12.9. The van der Waals surface area contributed by atoms with E-state index in [4.69, 9.17) is 25.8 Å². The number of hydrogen-bond acceptors (Lipinski definition) is 7. The fourth-order valence-electron chi connectivity index (χ4n) is 5.20. The number of nitrogens with zero attached hydrogens (tertiary/aromatic N) is 2. The van der Waals surface area contributed by atoms with E-state index < -0.39 is 28.5 Å². The lowest BCUT2D eigenvalue weighted by Crippen LogP contribution is -2.54. The maximum Gasteiger partial charge on any atom is 0.264 e. The zero-order chi connectivity index (χ0) is 35.6. The molecule has 260 valence electrons. The second kappa shape index (κ2) is 17.1. The molecule has 0 radical (unpaired) electrons. The molecule has 4 aromatic rings. The summed E-state index contributed by atoms with van der Waals surface area (Å²) in [6.45, 7) is 3.24. The minimum atomic E-state index is -4.38. The third kappa shape index (κ3) is 9.45. The Hall–Kier alpha value is -4.74. The van der Waals surface area contributed by atoms with Crippen LogP contribution in [0.25, 0.3) is 0 Å². The summed E-state index contributed by atoms with van der Waals surface area (Å²) in [5.41, 5.74) is 1.74. The Morgan fingerprint density at radius 1 is 0.816 bits per heavy atom. The van der Waals surface area contributed by atoms with Crippen LogP contribution in [0.2, 0.25) is 5.02 Å². The van der Waals surface area contributed by atoms with Crippen LogP contribution >= 0.6 is 11.6 Å². The van der Waals surface area contributed by atoms with Gasteiger partial charge in [-0.15, -0.1) is 0 Å². The molecule has 0 saturated carbocycles. The molecule has 0 fully saturated rings. The molecule has 2 atom stereocenters. The van der Waals surface area contributed by atoms with Crippen LogP contribution in [-0.4, -0.2) is 65.1 Å². The molecule has 0 aliphatic heterocycles. The zero-order valence-corrected chi connectivity index (χ0v) is 29.8. The number of sulfonamides is 1. The maximum absolute atomic E-state index is 14.7. The van der Waals surface area contributed by atoms with Crippen LogP contribution in [0, 0.1) is 0 Å². The van der Waals surface area contributed by atoms with Gasteiger partial charge in [0, 0.05) is 30.1 Å². The highest BCUT2D eigenvalue weighted by Crippen LogP contribution is 2.33. The lowest BCUT2D eigenvalue weighted by molar-refractivity contribution is -0.140. The Labute approximate surface area is 293 Å². The Morgan fingerprint density at radius 2 is 1.49 bits per heavy atom. The van der Waals surface area contributed by atoms with Crippen molar-refractivity contribution in [1.29, 1.82) is 0 Å². The highest BCUT2D eigenvalue weighted by molar-refractivity contribution is 7.92. The fourth-order valence-corrected chi connectivity index (χ4v) is 6.76. The van der Waals surface area contributed by atoms with Gasteiger partial charge in [0.25, 0.3) is 10.0 Å². The van der Waals surface area contributed by atoms with Gasteiger partial charge in [0.2, 0.25) is 11.8 Å². The lowest BCUT2D eigenvalue weighted by atomic mass is 10.0. The van der Waals surface area contributed by atoms with Crippen molar-refractivity contribution < 1.29 is 32.2 Å². The number of amides is 2. The van der Waals surface area contributed by atoms with Gasteiger partial charge >= 0.3 is 0 Å². The number of rotatable bonds is 16. The summed E-state index contributed by atoms with van der Waals surface area (Å²) in [6, 6.07) is 25.8. The second-order valence-corrected chi connectivity index (χ2v) is 13.7. The SMILES string of the molecule is CC[C@@H](C)NC(=O)[C@H](Cc1ccccc1)N(Cc1cccc(OC)c1)C(=O)CN(c1ccc(Cl)cc1)S(=O)(=O)c1ccc(OC)c(OC)c1. The van der Waals surface area contributed by atoms with Crippen molar-refractivity contribution in [3.05, 3.63) is 113 Å². The van der Waals surface area contributed by atoms with E-state index in [1.165, 1.54) is 49.5 Å². The molecule has 0 saturated heterocycles. The summed E-state index contributed by atoms with van der Waals surface area (Å²) in [4.78, 5) is 30.0. The van der Waals surface area contributed by atoms with E-state index in [2.05, 4.69) is 5.32 Å². The number of ether oxygens (including phenoxy) is 3. The molecule has 0 aliphatic carbocycles. The van der Waals surface area contributed by atoms with Crippen LogP contribution in [0.15, 0.2) is 102 Å². The van der Waals surface area contributed by atoms with E-state index >= 15 is 0 Å². The van der Waals surface area contributed by atoms with Crippen LogP contribution in [0.4, 0.5) is 5.69 Å². The van der Waals surface area contributed by atoms with Crippen molar-refractivity contribution in [2.75, 3.05) is 32.2 Å². The van der Waals surface area contributed by atoms with E-state index in [1.54, 1.807) is 37.4 Å². The van der Waals surface area contributed by atoms with Crippen LogP contribution in [-0.2, 0) is 32.6 Å². The topological polar surface area (TPSA) is 114 Å². The molecule has 0 aromatic heterocycles. The quantitative estimate of drug-likeness (QED) is 0.149. The summed E-state index contributed by atoms with van der Waals surface area (Å²) < 4.78 is 45.9. The Morgan fingerprint density at radius 3 is 2.12 bits per heavy atom. The van der Waals surface area contributed by atoms with Gasteiger partial charge in [-0.3, -0.25) is 13.9 Å². The van der Waals surface area contributed by atoms with Crippen molar-refractivity contribution in [2.45, 2.75) is 50.2 Å². The van der Waals surface area contributed by atoms with Gasteiger partial charge < -0.3 is 24.4 Å². The fraction of sp³-hybridized carbons (Fsp3) is 0.297. The standard InChI is InChI=1S/C37H42ClN3O7S/c1-6-26(2)39-37(43)33(22-27-11-8-7-9-12-27)40(24-28-13-10-14-31(21-28)46-3)36(42)25-41(30-17-15-29(38)16-18-30)49(44,45)32-19-20-34(47-4)35(23-32)48-5/h7-21,23,26,33H,6,22,24-25H2,1-5H3,(H,39,43)/t26-,33+/m1/s1. The predicted molar refractivity (Wildman–Crippen MR) is 191 cm³/mol. The van der Waals surface area contributed by atoms with Crippen molar-refractivity contribution in [3.8, 4) is 17.2 Å². The zero-order valence-electron chi connectivity index (χ0n) is 28.3. The van der Waals surface area contributed by atoms with E-state index in [9.17, 15) is 18.0 Å². The van der Waals surface area contributed by atoms with Gasteiger partial charge in [-0.25, -0.2) is 8.42 Å². The Bertz CT molecular complexity index is 1820. The minimum absolute atomic E-state index is 0.00627. The minimum Gasteiger partial charge on any atom is -0.497 e. The average Bonchev–Trinajstić information content (AvgIpc) is 3.12. The first-order valence-corrected chi connectivity index (χ1v) is 17.6. The van der Waals surface area contributed by atoms with E-state index in [0.29, 0.717) is 28.5 Å². The van der Waals surface area contributed by atoms with Crippen molar-refractivity contribution in [2.24, 2.45) is 0 Å². The van der Waals surface area contributed by atoms with Gasteiger partial charge in [-0.2, -0.15) is 0 Å². The monoisotopic (exact) mass is 707 g/mol. The molecule has 0 unspecified atom stereocenters. The molecule has 0 heterocycles. The first kappa shape index (κ1) is 37.1. The maximum atomic E-state index is 14.7. The first-order valence-electron chi connectivity index (χ1n) is 15.8. The molecule has 0 spiro atoms. The normalized spacial score (nSPS) is 12.4. The number of hydrogen-bond donors (Lipinski definition) is 1. The number of anilines is 1. The van der Waals surface area contributed by atoms with E-state index in [1.807, 2.05) is 50.2 Å². The molecule has 2 amide bonds. The second-order valence-electron chi connectivity index (χ2n) is 11.4. The van der Waals surface area contributed by atoms with Crippen LogP contribution in [0.3, 0.4) is 0 Å². The van der Waals surface area contributed by atoms with Crippen LogP contribution < -0.4 is 23.8 Å². The van der Waals surface area contributed by atoms with Gasteiger partial charge in [0.15, 0.2) is 11.5 Å². The smallest absolute Gasteiger partial charge is 0.264 e. The number of benzene rings is 4. The molecule has 0 aliphatic rings. The number of carbonyl (C=O) groups excluding carboxylic acids is 2. The number of carbonyl (C=O) groups is 2. The van der Waals surface area contributed by atoms with E-state index in [-0.39, 0.29) is 41.2 Å². The first-order chi connectivity index (χ1) is 23.5. The summed E-state index contributed by atoms with van der Waals surface area (Å²) in [5, 5.41) is 3.43. The lowest BCUT2D eigenvalue weighted by Gasteiger charge is -2.34. The summed E-state index contributed by atoms with van der Waals surface area (Å²) in [7, 11) is 0.0213. The third-order valence-corrected chi connectivity index (χ3v) is 10.1. The highest BCUT2D eigenvalue weighted by atomic mass is 35.5. The molecule has 1 N–H and O–H groups in total. The van der Waals surface area contributed by atoms with Crippen molar-refractivity contribution >= 4 is 39.1 Å². The predicted octanol–water partition coefficient (Wildman–Crippen LogP) is 6.12. The van der Waals surface area contributed by atoms with Crippen LogP contribution in [0.5, 0.6) is 17.2 Å². The average molecular weight is 708 g/mol. The molecular formula is C37H42ClN3O7S. The molecule has 49 heavy (non-hydrogen) atoms. The third-order valence-electron chi connectivity index (χ3n) is 8.10. The summed E-state index contributed by atoms with van der Waals surface area (Å²) in [6.07, 6.45) is 0.879. The van der Waals surface area contributed by atoms with Gasteiger partial charge in [-0.05, 0) is 73.0 Å². The molecule has 0 bridgehead atoms. The van der Waals surface area contributed by atoms with Crippen molar-refractivity contribution in [3.63, 3.8) is 0 Å². The largest absolute Gasteiger partial charge is 0.497 e. The van der Waals surface area contributed by atoms with Crippen molar-refractivity contribution in [1.82, 2.24) is 10.2 Å². The van der Waals surface area contributed by atoms with Gasteiger partial charge in [0.1, 0.15) is 18.3 Å². The number of methoxy groups -OCH3 is 3. The molecular weight excluding hydrogens is 666 g/mol. The number of nitrogens with one attached hydrogen (secondary N) is 1. The van der Waals surface area contributed by atoms with E-state index in [0.717, 1.165) is 9.87 Å². The Balaban J connectivity index is 1.84. The van der Waals surface area contributed by atoms with Gasteiger partial charge in [0.05, 0.1) is 31.9 Å². The summed E-state index contributed by atoms with van der Waals surface area (Å²) in [5.74, 6) is 0.177. The molecule has 4 rings (SSSR count). The molecule has 12 heteroatoms. The highest BCUT2D eigenvalue weighted by Gasteiger charge is 2.35. The molecule has 4 aromatic carbocycles. The van der Waals surface area contributed by atoms with Crippen LogP contribution in [0.1, 0.15) is 31.4 Å². The number of halogens is 1. The summed E-state index contributed by atoms with van der Waals surface area (Å²) >= 11 is 6.17. The van der Waals surface area contributed by atoms with Gasteiger partial charge in [-0.1, -0.05) is 61.0 Å². The molecule has 10 nitrogen and oxygen atoms in total.